The zero-order chi connectivity index (χ0) is 14.4. The standard InChI is InChI=1S/C19H23NO/c1-12-16-6-2-4-13-5-3-7-17(18(13)16)19(12)20-14-8-10-15(21)11-9-14/h8-11,13,16-18,21H,1-7H2. The van der Waals surface area contributed by atoms with E-state index >= 15 is 0 Å². The van der Waals surface area contributed by atoms with Crippen molar-refractivity contribution in [3.8, 4) is 5.75 Å². The average molecular weight is 281 g/mol. The fourth-order valence-electron chi connectivity index (χ4n) is 5.03. The summed E-state index contributed by atoms with van der Waals surface area (Å²) >= 11 is 0. The van der Waals surface area contributed by atoms with E-state index in [0.717, 1.165) is 17.5 Å². The Morgan fingerprint density at radius 2 is 1.62 bits per heavy atom. The van der Waals surface area contributed by atoms with E-state index in [1.807, 2.05) is 12.1 Å². The van der Waals surface area contributed by atoms with Crippen LogP contribution in [0.1, 0.15) is 38.5 Å². The Labute approximate surface area is 126 Å². The van der Waals surface area contributed by atoms with Gasteiger partial charge in [0.15, 0.2) is 0 Å². The van der Waals surface area contributed by atoms with E-state index in [1.54, 1.807) is 12.1 Å². The van der Waals surface area contributed by atoms with E-state index in [1.165, 1.54) is 49.8 Å². The second-order valence-electron chi connectivity index (χ2n) is 6.95. The molecule has 4 rings (SSSR count). The van der Waals surface area contributed by atoms with Crippen molar-refractivity contribution in [2.24, 2.45) is 28.7 Å². The largest absolute Gasteiger partial charge is 0.508 e. The highest BCUT2D eigenvalue weighted by molar-refractivity contribution is 6.05. The average Bonchev–Trinajstić information content (AvgIpc) is 2.78. The van der Waals surface area contributed by atoms with Gasteiger partial charge in [-0.25, -0.2) is 0 Å². The van der Waals surface area contributed by atoms with Crippen molar-refractivity contribution >= 4 is 11.4 Å². The molecular weight excluding hydrogens is 258 g/mol. The molecule has 21 heavy (non-hydrogen) atoms. The highest BCUT2D eigenvalue weighted by Gasteiger charge is 2.49. The molecular formula is C19H23NO. The Bertz CT molecular complexity index is 584. The van der Waals surface area contributed by atoms with Gasteiger partial charge in [0.1, 0.15) is 5.75 Å². The van der Waals surface area contributed by atoms with Gasteiger partial charge in [-0.2, -0.15) is 0 Å². The highest BCUT2D eigenvalue weighted by atomic mass is 16.3. The van der Waals surface area contributed by atoms with Crippen molar-refractivity contribution in [1.82, 2.24) is 0 Å². The molecule has 0 amide bonds. The van der Waals surface area contributed by atoms with Crippen LogP contribution in [-0.4, -0.2) is 10.8 Å². The lowest BCUT2D eigenvalue weighted by molar-refractivity contribution is 0.115. The Hall–Kier alpha value is -1.57. The van der Waals surface area contributed by atoms with Crippen LogP contribution in [0.4, 0.5) is 5.69 Å². The zero-order valence-corrected chi connectivity index (χ0v) is 12.5. The second-order valence-corrected chi connectivity index (χ2v) is 6.95. The summed E-state index contributed by atoms with van der Waals surface area (Å²) in [5.74, 6) is 3.35. The first-order valence-corrected chi connectivity index (χ1v) is 8.31. The van der Waals surface area contributed by atoms with Gasteiger partial charge in [-0.3, -0.25) is 4.99 Å². The first-order valence-electron chi connectivity index (χ1n) is 8.31. The van der Waals surface area contributed by atoms with Gasteiger partial charge in [0.2, 0.25) is 0 Å². The minimum absolute atomic E-state index is 0.301. The van der Waals surface area contributed by atoms with Crippen LogP contribution in [0.2, 0.25) is 0 Å². The van der Waals surface area contributed by atoms with Crippen molar-refractivity contribution < 1.29 is 5.11 Å². The van der Waals surface area contributed by atoms with Crippen LogP contribution >= 0.6 is 0 Å². The number of aliphatic imine (C=N–C) groups is 1. The van der Waals surface area contributed by atoms with E-state index in [4.69, 9.17) is 4.99 Å². The number of nitrogens with zero attached hydrogens (tertiary/aromatic N) is 1. The summed E-state index contributed by atoms with van der Waals surface area (Å²) in [5.41, 5.74) is 3.52. The molecule has 4 atom stereocenters. The molecule has 0 bridgehead atoms. The molecule has 3 aliphatic rings. The molecule has 3 aliphatic carbocycles. The van der Waals surface area contributed by atoms with Crippen molar-refractivity contribution in [2.45, 2.75) is 38.5 Å². The van der Waals surface area contributed by atoms with Crippen LogP contribution in [0, 0.1) is 23.7 Å². The number of allylic oxidation sites excluding steroid dienone is 1. The first-order chi connectivity index (χ1) is 10.2. The molecule has 1 N–H and O–H groups in total. The molecule has 110 valence electrons. The lowest BCUT2D eigenvalue weighted by atomic mass is 9.64. The predicted octanol–water partition coefficient (Wildman–Crippen LogP) is 4.87. The van der Waals surface area contributed by atoms with Crippen molar-refractivity contribution in [1.29, 1.82) is 0 Å². The predicted molar refractivity (Wildman–Crippen MR) is 86.0 cm³/mol. The van der Waals surface area contributed by atoms with Crippen LogP contribution in [-0.2, 0) is 0 Å². The van der Waals surface area contributed by atoms with E-state index < -0.39 is 0 Å². The van der Waals surface area contributed by atoms with Crippen molar-refractivity contribution in [3.05, 3.63) is 36.4 Å². The summed E-state index contributed by atoms with van der Waals surface area (Å²) in [7, 11) is 0. The maximum atomic E-state index is 9.41. The van der Waals surface area contributed by atoms with Gasteiger partial charge >= 0.3 is 0 Å². The number of hydrogen-bond acceptors (Lipinski definition) is 2. The van der Waals surface area contributed by atoms with Crippen LogP contribution in [0.25, 0.3) is 0 Å². The molecule has 0 radical (unpaired) electrons. The Morgan fingerprint density at radius 1 is 0.952 bits per heavy atom. The molecule has 0 heterocycles. The van der Waals surface area contributed by atoms with Gasteiger partial charge in [0.25, 0.3) is 0 Å². The molecule has 1 aromatic carbocycles. The number of rotatable bonds is 1. The van der Waals surface area contributed by atoms with Gasteiger partial charge < -0.3 is 5.11 Å². The first kappa shape index (κ1) is 13.1. The molecule has 4 unspecified atom stereocenters. The summed E-state index contributed by atoms with van der Waals surface area (Å²) in [6.07, 6.45) is 8.14. The number of phenolic OH excluding ortho intramolecular Hbond substituents is 1. The topological polar surface area (TPSA) is 32.6 Å². The third kappa shape index (κ3) is 2.12. The zero-order valence-electron chi connectivity index (χ0n) is 12.5. The molecule has 2 nitrogen and oxygen atoms in total. The third-order valence-corrected chi connectivity index (χ3v) is 5.88. The van der Waals surface area contributed by atoms with E-state index in [9.17, 15) is 5.11 Å². The molecule has 3 fully saturated rings. The monoisotopic (exact) mass is 281 g/mol. The minimum atomic E-state index is 0.301. The van der Waals surface area contributed by atoms with Crippen LogP contribution in [0.5, 0.6) is 5.75 Å². The van der Waals surface area contributed by atoms with Gasteiger partial charge in [0.05, 0.1) is 5.69 Å². The number of aromatic hydroxyl groups is 1. The van der Waals surface area contributed by atoms with Gasteiger partial charge in [0, 0.05) is 11.6 Å². The van der Waals surface area contributed by atoms with Crippen molar-refractivity contribution in [3.63, 3.8) is 0 Å². The molecule has 0 aromatic heterocycles. The molecule has 0 spiro atoms. The lowest BCUT2D eigenvalue weighted by Gasteiger charge is -2.40. The Balaban J connectivity index is 1.71. The number of phenols is 1. The maximum absolute atomic E-state index is 9.41. The van der Waals surface area contributed by atoms with Crippen LogP contribution in [0.15, 0.2) is 41.4 Å². The van der Waals surface area contributed by atoms with Gasteiger partial charge in [-0.1, -0.05) is 32.3 Å². The van der Waals surface area contributed by atoms with Crippen LogP contribution < -0.4 is 0 Å². The smallest absolute Gasteiger partial charge is 0.115 e. The number of benzene rings is 1. The molecule has 3 saturated carbocycles. The third-order valence-electron chi connectivity index (χ3n) is 5.88. The SMILES string of the molecule is C=C1C(=Nc2ccc(O)cc2)C2CCCC3CCCC1C32. The maximum Gasteiger partial charge on any atom is 0.115 e. The van der Waals surface area contributed by atoms with Crippen molar-refractivity contribution in [2.75, 3.05) is 0 Å². The second kappa shape index (κ2) is 5.01. The van der Waals surface area contributed by atoms with E-state index in [-0.39, 0.29) is 0 Å². The fourth-order valence-corrected chi connectivity index (χ4v) is 5.03. The Morgan fingerprint density at radius 3 is 2.33 bits per heavy atom. The normalized spacial score (nSPS) is 36.8. The molecule has 1 aromatic rings. The number of hydrogen-bond donors (Lipinski definition) is 1. The van der Waals surface area contributed by atoms with E-state index in [0.29, 0.717) is 17.6 Å². The van der Waals surface area contributed by atoms with Gasteiger partial charge in [-0.05, 0) is 60.4 Å². The minimum Gasteiger partial charge on any atom is -0.508 e. The quantitative estimate of drug-likeness (QED) is 0.782. The summed E-state index contributed by atoms with van der Waals surface area (Å²) in [6, 6.07) is 7.23. The van der Waals surface area contributed by atoms with Gasteiger partial charge in [-0.15, -0.1) is 0 Å². The summed E-state index contributed by atoms with van der Waals surface area (Å²) in [4.78, 5) is 4.93. The van der Waals surface area contributed by atoms with Crippen LogP contribution in [0.3, 0.4) is 0 Å². The Kier molecular flexibility index (Phi) is 3.13. The molecule has 0 saturated heterocycles. The lowest BCUT2D eigenvalue weighted by Crippen LogP contribution is -2.33. The van der Waals surface area contributed by atoms with E-state index in [2.05, 4.69) is 6.58 Å². The molecule has 2 heteroatoms. The fraction of sp³-hybridized carbons (Fsp3) is 0.526. The summed E-state index contributed by atoms with van der Waals surface area (Å²) in [5, 5.41) is 9.41. The highest BCUT2D eigenvalue weighted by Crippen LogP contribution is 2.55. The molecule has 0 aliphatic heterocycles. The summed E-state index contributed by atoms with van der Waals surface area (Å²) in [6.45, 7) is 4.41. The summed E-state index contributed by atoms with van der Waals surface area (Å²) < 4.78 is 0.